The average Bonchev–Trinajstić information content (AvgIpc) is 2.47. The summed E-state index contributed by atoms with van der Waals surface area (Å²) in [5.41, 5.74) is 9.22. The molecule has 0 spiro atoms. The molecule has 2 heterocycles. The van der Waals surface area contributed by atoms with Crippen LogP contribution in [0.1, 0.15) is 31.0 Å². The van der Waals surface area contributed by atoms with Crippen LogP contribution in [0.4, 0.5) is 11.5 Å². The number of anilines is 2. The molecule has 2 N–H and O–H groups in total. The molecule has 1 aliphatic heterocycles. The van der Waals surface area contributed by atoms with E-state index in [1.807, 2.05) is 30.9 Å². The highest BCUT2D eigenvalue weighted by Gasteiger charge is 2.21. The van der Waals surface area contributed by atoms with E-state index in [0.29, 0.717) is 12.4 Å². The van der Waals surface area contributed by atoms with Crippen molar-refractivity contribution in [3.63, 3.8) is 0 Å². The van der Waals surface area contributed by atoms with Gasteiger partial charge in [-0.15, -0.1) is 0 Å². The maximum absolute atomic E-state index is 12.5. The third-order valence-electron chi connectivity index (χ3n) is 4.01. The maximum atomic E-state index is 12.5. The van der Waals surface area contributed by atoms with E-state index in [1.165, 1.54) is 11.1 Å². The molecule has 1 aromatic heterocycles. The van der Waals surface area contributed by atoms with Crippen LogP contribution in [0.2, 0.25) is 0 Å². The van der Waals surface area contributed by atoms with Gasteiger partial charge in [0, 0.05) is 37.2 Å². The second-order valence-corrected chi connectivity index (χ2v) is 5.71. The Hall–Kier alpha value is -2.30. The Labute approximate surface area is 124 Å². The average molecular weight is 284 g/mol. The van der Waals surface area contributed by atoms with Crippen LogP contribution < -0.4 is 16.2 Å². The lowest BCUT2D eigenvalue weighted by atomic mass is 9.98. The lowest BCUT2D eigenvalue weighted by molar-refractivity contribution is 0.568. The zero-order valence-corrected chi connectivity index (χ0v) is 12.4. The van der Waals surface area contributed by atoms with E-state index in [1.54, 1.807) is 17.0 Å². The SMILES string of the molecule is CC(C)n1ccnc(N2CCc3c(N)cccc3C2)c1=O. The normalized spacial score (nSPS) is 14.3. The van der Waals surface area contributed by atoms with Gasteiger partial charge >= 0.3 is 0 Å². The monoisotopic (exact) mass is 284 g/mol. The third kappa shape index (κ3) is 2.39. The lowest BCUT2D eigenvalue weighted by Crippen LogP contribution is -2.37. The van der Waals surface area contributed by atoms with Crippen LogP contribution in [0, 0.1) is 0 Å². The number of fused-ring (bicyclic) bond motifs is 1. The number of rotatable bonds is 2. The van der Waals surface area contributed by atoms with Gasteiger partial charge in [-0.3, -0.25) is 4.79 Å². The summed E-state index contributed by atoms with van der Waals surface area (Å²) in [5, 5.41) is 0. The molecule has 5 nitrogen and oxygen atoms in total. The first-order valence-electron chi connectivity index (χ1n) is 7.26. The van der Waals surface area contributed by atoms with Crippen molar-refractivity contribution in [2.45, 2.75) is 32.9 Å². The molecule has 0 aliphatic carbocycles. The van der Waals surface area contributed by atoms with Crippen molar-refractivity contribution in [2.75, 3.05) is 17.2 Å². The van der Waals surface area contributed by atoms with Gasteiger partial charge in [0.15, 0.2) is 5.82 Å². The lowest BCUT2D eigenvalue weighted by Gasteiger charge is -2.30. The van der Waals surface area contributed by atoms with Gasteiger partial charge in [0.25, 0.3) is 5.56 Å². The number of nitrogens with zero attached hydrogens (tertiary/aromatic N) is 3. The smallest absolute Gasteiger partial charge is 0.293 e. The van der Waals surface area contributed by atoms with Crippen molar-refractivity contribution in [2.24, 2.45) is 0 Å². The molecule has 0 saturated heterocycles. The number of nitrogen functional groups attached to an aromatic ring is 1. The Morgan fingerprint density at radius 1 is 1.33 bits per heavy atom. The van der Waals surface area contributed by atoms with Gasteiger partial charge in [-0.05, 0) is 37.5 Å². The Kier molecular flexibility index (Phi) is 3.41. The van der Waals surface area contributed by atoms with E-state index in [4.69, 9.17) is 5.73 Å². The predicted octanol–water partition coefficient (Wildman–Crippen LogP) is 1.97. The van der Waals surface area contributed by atoms with Crippen LogP contribution >= 0.6 is 0 Å². The second kappa shape index (κ2) is 5.24. The number of nitrogens with two attached hydrogens (primary N) is 1. The van der Waals surface area contributed by atoms with Crippen molar-refractivity contribution in [3.8, 4) is 0 Å². The molecule has 21 heavy (non-hydrogen) atoms. The largest absolute Gasteiger partial charge is 0.398 e. The van der Waals surface area contributed by atoms with E-state index in [2.05, 4.69) is 11.1 Å². The minimum atomic E-state index is -0.0279. The summed E-state index contributed by atoms with van der Waals surface area (Å²) in [6.45, 7) is 5.45. The van der Waals surface area contributed by atoms with Crippen molar-refractivity contribution in [1.82, 2.24) is 9.55 Å². The van der Waals surface area contributed by atoms with Gasteiger partial charge in [-0.25, -0.2) is 4.98 Å². The Morgan fingerprint density at radius 2 is 2.14 bits per heavy atom. The Bertz CT molecular complexity index is 720. The summed E-state index contributed by atoms with van der Waals surface area (Å²) < 4.78 is 1.72. The molecular weight excluding hydrogens is 264 g/mol. The van der Waals surface area contributed by atoms with Gasteiger partial charge in [0.05, 0.1) is 0 Å². The molecule has 0 radical (unpaired) electrons. The summed E-state index contributed by atoms with van der Waals surface area (Å²) in [7, 11) is 0. The van der Waals surface area contributed by atoms with E-state index in [0.717, 1.165) is 18.7 Å². The molecular formula is C16H20N4O. The number of benzene rings is 1. The first-order valence-corrected chi connectivity index (χ1v) is 7.26. The van der Waals surface area contributed by atoms with Crippen molar-refractivity contribution >= 4 is 11.5 Å². The van der Waals surface area contributed by atoms with Gasteiger partial charge in [0.2, 0.25) is 0 Å². The highest BCUT2D eigenvalue weighted by Crippen LogP contribution is 2.25. The quantitative estimate of drug-likeness (QED) is 0.856. The van der Waals surface area contributed by atoms with E-state index in [-0.39, 0.29) is 11.6 Å². The first kappa shape index (κ1) is 13.7. The van der Waals surface area contributed by atoms with Crippen LogP contribution in [0.5, 0.6) is 0 Å². The minimum Gasteiger partial charge on any atom is -0.398 e. The second-order valence-electron chi connectivity index (χ2n) is 5.71. The summed E-state index contributed by atoms with van der Waals surface area (Å²) >= 11 is 0. The molecule has 0 bridgehead atoms. The van der Waals surface area contributed by atoms with Crippen molar-refractivity contribution < 1.29 is 0 Å². The Balaban J connectivity index is 1.97. The molecule has 0 saturated carbocycles. The highest BCUT2D eigenvalue weighted by atomic mass is 16.1. The first-order chi connectivity index (χ1) is 10.1. The Morgan fingerprint density at radius 3 is 2.90 bits per heavy atom. The molecule has 3 rings (SSSR count). The van der Waals surface area contributed by atoms with Gasteiger partial charge in [-0.2, -0.15) is 0 Å². The molecule has 1 aliphatic rings. The molecule has 0 fully saturated rings. The van der Waals surface area contributed by atoms with Crippen LogP contribution in [0.15, 0.2) is 35.4 Å². The zero-order valence-electron chi connectivity index (χ0n) is 12.4. The van der Waals surface area contributed by atoms with Gasteiger partial charge in [0.1, 0.15) is 0 Å². The number of hydrogen-bond donors (Lipinski definition) is 1. The topological polar surface area (TPSA) is 64.2 Å². The van der Waals surface area contributed by atoms with Crippen molar-refractivity contribution in [3.05, 3.63) is 52.1 Å². The third-order valence-corrected chi connectivity index (χ3v) is 4.01. The molecule has 0 atom stereocenters. The van der Waals surface area contributed by atoms with Crippen LogP contribution in [-0.2, 0) is 13.0 Å². The molecule has 1 aromatic carbocycles. The summed E-state index contributed by atoms with van der Waals surface area (Å²) in [4.78, 5) is 18.9. The van der Waals surface area contributed by atoms with Gasteiger partial charge < -0.3 is 15.2 Å². The summed E-state index contributed by atoms with van der Waals surface area (Å²) in [6, 6.07) is 6.10. The van der Waals surface area contributed by atoms with E-state index < -0.39 is 0 Å². The molecule has 0 amide bonds. The predicted molar refractivity (Wildman–Crippen MR) is 84.5 cm³/mol. The molecule has 0 unspecified atom stereocenters. The fourth-order valence-electron chi connectivity index (χ4n) is 2.86. The zero-order chi connectivity index (χ0) is 15.0. The van der Waals surface area contributed by atoms with Gasteiger partial charge in [-0.1, -0.05) is 12.1 Å². The molecule has 5 heteroatoms. The van der Waals surface area contributed by atoms with E-state index >= 15 is 0 Å². The number of aromatic nitrogens is 2. The molecule has 110 valence electrons. The highest BCUT2D eigenvalue weighted by molar-refractivity contribution is 5.54. The standard InChI is InChI=1S/C16H20N4O/c1-11(2)20-9-7-18-15(16(20)21)19-8-6-13-12(10-19)4-3-5-14(13)17/h3-5,7,9,11H,6,8,10,17H2,1-2H3. The van der Waals surface area contributed by atoms with Crippen LogP contribution in [0.25, 0.3) is 0 Å². The minimum absolute atomic E-state index is 0.0279. The van der Waals surface area contributed by atoms with Crippen LogP contribution in [0.3, 0.4) is 0 Å². The summed E-state index contributed by atoms with van der Waals surface area (Å²) in [6.07, 6.45) is 4.29. The maximum Gasteiger partial charge on any atom is 0.293 e. The summed E-state index contributed by atoms with van der Waals surface area (Å²) in [5.74, 6) is 0.527. The fourth-order valence-corrected chi connectivity index (χ4v) is 2.86. The molecule has 2 aromatic rings. The van der Waals surface area contributed by atoms with Crippen LogP contribution in [-0.4, -0.2) is 16.1 Å². The fraction of sp³-hybridized carbons (Fsp3) is 0.375. The number of hydrogen-bond acceptors (Lipinski definition) is 4. The van der Waals surface area contributed by atoms with Crippen molar-refractivity contribution in [1.29, 1.82) is 0 Å². The van der Waals surface area contributed by atoms with E-state index in [9.17, 15) is 4.79 Å².